The van der Waals surface area contributed by atoms with Gasteiger partial charge in [-0.05, 0) is 31.2 Å². The zero-order valence-electron chi connectivity index (χ0n) is 15.1. The number of carbonyl (C=O) groups is 1. The molecular formula is C18H18N4O4S. The van der Waals surface area contributed by atoms with Gasteiger partial charge in [0.05, 0.1) is 30.6 Å². The normalized spacial score (nSPS) is 10.5. The van der Waals surface area contributed by atoms with Crippen molar-refractivity contribution in [2.45, 2.75) is 11.9 Å². The van der Waals surface area contributed by atoms with Crippen LogP contribution in [0.2, 0.25) is 0 Å². The lowest BCUT2D eigenvalue weighted by Gasteiger charge is -2.10. The van der Waals surface area contributed by atoms with Gasteiger partial charge in [0.2, 0.25) is 5.91 Å². The van der Waals surface area contributed by atoms with Crippen LogP contribution in [0.25, 0.3) is 11.5 Å². The van der Waals surface area contributed by atoms with Gasteiger partial charge in [-0.1, -0.05) is 16.9 Å². The number of methoxy groups -OCH3 is 2. The molecule has 0 bridgehead atoms. The molecule has 1 N–H and O–H groups in total. The van der Waals surface area contributed by atoms with Gasteiger partial charge < -0.3 is 19.3 Å². The Morgan fingerprint density at radius 1 is 1.19 bits per heavy atom. The van der Waals surface area contributed by atoms with E-state index in [9.17, 15) is 4.79 Å². The first-order valence-electron chi connectivity index (χ1n) is 8.00. The van der Waals surface area contributed by atoms with Crippen LogP contribution < -0.4 is 14.8 Å². The molecule has 0 atom stereocenters. The number of ether oxygens (including phenoxy) is 2. The molecule has 3 rings (SSSR count). The van der Waals surface area contributed by atoms with Crippen molar-refractivity contribution in [2.75, 3.05) is 25.3 Å². The van der Waals surface area contributed by atoms with Crippen LogP contribution in [0, 0.1) is 6.92 Å². The van der Waals surface area contributed by atoms with Crippen molar-refractivity contribution in [3.8, 4) is 23.0 Å². The summed E-state index contributed by atoms with van der Waals surface area (Å²) in [5.74, 6) is 2.21. The topological polar surface area (TPSA) is 99.4 Å². The molecule has 140 valence electrons. The highest BCUT2D eigenvalue weighted by molar-refractivity contribution is 7.99. The first-order chi connectivity index (χ1) is 13.1. The van der Waals surface area contributed by atoms with E-state index in [4.69, 9.17) is 14.0 Å². The third-order valence-electron chi connectivity index (χ3n) is 3.53. The Balaban J connectivity index is 1.56. The zero-order chi connectivity index (χ0) is 19.2. The fraction of sp³-hybridized carbons (Fsp3) is 0.222. The molecule has 0 aliphatic carbocycles. The predicted octanol–water partition coefficient (Wildman–Crippen LogP) is 3.19. The lowest BCUT2D eigenvalue weighted by atomic mass is 10.2. The van der Waals surface area contributed by atoms with E-state index in [1.165, 1.54) is 11.8 Å². The van der Waals surface area contributed by atoms with Crippen LogP contribution in [0.1, 0.15) is 5.82 Å². The Labute approximate surface area is 160 Å². The summed E-state index contributed by atoms with van der Waals surface area (Å²) in [4.78, 5) is 20.6. The number of anilines is 1. The van der Waals surface area contributed by atoms with Crippen LogP contribution in [0.4, 0.5) is 5.69 Å². The summed E-state index contributed by atoms with van der Waals surface area (Å²) >= 11 is 1.33. The highest BCUT2D eigenvalue weighted by Crippen LogP contribution is 2.30. The smallest absolute Gasteiger partial charge is 0.259 e. The number of rotatable bonds is 7. The van der Waals surface area contributed by atoms with Crippen molar-refractivity contribution >= 4 is 23.4 Å². The second-order valence-corrected chi connectivity index (χ2v) is 6.43. The maximum absolute atomic E-state index is 12.2. The molecule has 0 radical (unpaired) electrons. The van der Waals surface area contributed by atoms with Crippen LogP contribution in [0.5, 0.6) is 11.5 Å². The van der Waals surface area contributed by atoms with E-state index in [-0.39, 0.29) is 11.7 Å². The zero-order valence-corrected chi connectivity index (χ0v) is 15.9. The minimum absolute atomic E-state index is 0.148. The van der Waals surface area contributed by atoms with Crippen molar-refractivity contribution in [3.05, 3.63) is 42.4 Å². The van der Waals surface area contributed by atoms with Gasteiger partial charge in [0.25, 0.3) is 5.89 Å². The molecule has 8 nitrogen and oxygen atoms in total. The number of pyridine rings is 1. The molecule has 2 aromatic heterocycles. The Kier molecular flexibility index (Phi) is 5.92. The largest absolute Gasteiger partial charge is 0.493 e. The number of thioether (sulfide) groups is 1. The summed E-state index contributed by atoms with van der Waals surface area (Å²) in [6, 6.07) is 8.84. The highest BCUT2D eigenvalue weighted by atomic mass is 32.2. The Morgan fingerprint density at radius 2 is 2.00 bits per heavy atom. The second-order valence-electron chi connectivity index (χ2n) is 5.44. The van der Waals surface area contributed by atoms with Crippen LogP contribution in [-0.4, -0.2) is 41.0 Å². The average Bonchev–Trinajstić information content (AvgIpc) is 3.13. The molecule has 2 heterocycles. The minimum Gasteiger partial charge on any atom is -0.493 e. The maximum Gasteiger partial charge on any atom is 0.259 e. The fourth-order valence-electron chi connectivity index (χ4n) is 2.26. The van der Waals surface area contributed by atoms with Crippen LogP contribution in [0.15, 0.2) is 46.1 Å². The molecule has 0 unspecified atom stereocenters. The molecule has 0 saturated carbocycles. The minimum atomic E-state index is -0.148. The van der Waals surface area contributed by atoms with Crippen molar-refractivity contribution < 1.29 is 18.8 Å². The number of amides is 1. The molecule has 1 amide bonds. The molecule has 9 heteroatoms. The van der Waals surface area contributed by atoms with Crippen LogP contribution in [0.3, 0.4) is 0 Å². The van der Waals surface area contributed by atoms with Crippen molar-refractivity contribution in [1.82, 2.24) is 15.1 Å². The standard InChI is InChI=1S/C18H18N4O4S/c1-11-20-18(26-22-11)12-4-7-17(19-9-12)27-10-16(23)21-13-5-6-14(24-2)15(8-13)25-3/h4-9H,10H2,1-3H3,(H,21,23). The molecule has 3 aromatic rings. The maximum atomic E-state index is 12.2. The van der Waals surface area contributed by atoms with Gasteiger partial charge in [-0.25, -0.2) is 4.98 Å². The van der Waals surface area contributed by atoms with Crippen molar-refractivity contribution in [1.29, 1.82) is 0 Å². The van der Waals surface area contributed by atoms with Gasteiger partial charge in [-0.2, -0.15) is 4.98 Å². The van der Waals surface area contributed by atoms with E-state index in [1.807, 2.05) is 12.1 Å². The van der Waals surface area contributed by atoms with Crippen molar-refractivity contribution in [3.63, 3.8) is 0 Å². The summed E-state index contributed by atoms with van der Waals surface area (Å²) in [5, 5.41) is 7.29. The highest BCUT2D eigenvalue weighted by Gasteiger charge is 2.10. The third kappa shape index (κ3) is 4.76. The van der Waals surface area contributed by atoms with E-state index >= 15 is 0 Å². The van der Waals surface area contributed by atoms with Crippen LogP contribution >= 0.6 is 11.8 Å². The van der Waals surface area contributed by atoms with Gasteiger partial charge in [0, 0.05) is 18.0 Å². The van der Waals surface area contributed by atoms with E-state index in [0.717, 1.165) is 10.6 Å². The summed E-state index contributed by atoms with van der Waals surface area (Å²) in [5.41, 5.74) is 1.36. The molecule has 0 spiro atoms. The van der Waals surface area contributed by atoms with Gasteiger partial charge in [-0.15, -0.1) is 0 Å². The molecule has 0 fully saturated rings. The fourth-order valence-corrected chi connectivity index (χ4v) is 2.90. The monoisotopic (exact) mass is 386 g/mol. The molecule has 0 saturated heterocycles. The van der Waals surface area contributed by atoms with E-state index < -0.39 is 0 Å². The van der Waals surface area contributed by atoms with E-state index in [1.54, 1.807) is 45.5 Å². The van der Waals surface area contributed by atoms with Gasteiger partial charge in [0.1, 0.15) is 0 Å². The molecule has 0 aliphatic heterocycles. The SMILES string of the molecule is COc1ccc(NC(=O)CSc2ccc(-c3nc(C)no3)cn2)cc1OC. The molecular weight excluding hydrogens is 368 g/mol. The second kappa shape index (κ2) is 8.54. The number of hydrogen-bond donors (Lipinski definition) is 1. The van der Waals surface area contributed by atoms with Crippen molar-refractivity contribution in [2.24, 2.45) is 0 Å². The Morgan fingerprint density at radius 3 is 2.63 bits per heavy atom. The quantitative estimate of drug-likeness (QED) is 0.618. The number of aryl methyl sites for hydroxylation is 1. The summed E-state index contributed by atoms with van der Waals surface area (Å²) in [7, 11) is 3.11. The lowest BCUT2D eigenvalue weighted by Crippen LogP contribution is -2.14. The summed E-state index contributed by atoms with van der Waals surface area (Å²) in [6.45, 7) is 1.75. The van der Waals surface area contributed by atoms with Gasteiger partial charge in [0.15, 0.2) is 17.3 Å². The Bertz CT molecular complexity index is 927. The third-order valence-corrected chi connectivity index (χ3v) is 4.47. The molecule has 0 aliphatic rings. The summed E-state index contributed by atoms with van der Waals surface area (Å²) in [6.07, 6.45) is 1.64. The summed E-state index contributed by atoms with van der Waals surface area (Å²) < 4.78 is 15.5. The van der Waals surface area contributed by atoms with Crippen LogP contribution in [-0.2, 0) is 4.79 Å². The first kappa shape index (κ1) is 18.7. The number of hydrogen-bond acceptors (Lipinski definition) is 8. The molecule has 27 heavy (non-hydrogen) atoms. The predicted molar refractivity (Wildman–Crippen MR) is 101 cm³/mol. The average molecular weight is 386 g/mol. The number of nitrogens with zero attached hydrogens (tertiary/aromatic N) is 3. The van der Waals surface area contributed by atoms with Gasteiger partial charge >= 0.3 is 0 Å². The van der Waals surface area contributed by atoms with E-state index in [2.05, 4.69) is 20.4 Å². The van der Waals surface area contributed by atoms with E-state index in [0.29, 0.717) is 28.9 Å². The number of nitrogens with one attached hydrogen (secondary N) is 1. The lowest BCUT2D eigenvalue weighted by molar-refractivity contribution is -0.113. The first-order valence-corrected chi connectivity index (χ1v) is 8.99. The number of carbonyl (C=O) groups excluding carboxylic acids is 1. The number of aromatic nitrogens is 3. The molecule has 1 aromatic carbocycles. The Hall–Kier alpha value is -3.07. The number of benzene rings is 1. The van der Waals surface area contributed by atoms with Gasteiger partial charge in [-0.3, -0.25) is 4.79 Å².